The summed E-state index contributed by atoms with van der Waals surface area (Å²) in [6.07, 6.45) is 1.75. The second kappa shape index (κ2) is 4.26. The Morgan fingerprint density at radius 2 is 1.88 bits per heavy atom. The summed E-state index contributed by atoms with van der Waals surface area (Å²) < 4.78 is 12.8. The van der Waals surface area contributed by atoms with Gasteiger partial charge in [0.2, 0.25) is 0 Å². The first-order valence-electron chi connectivity index (χ1n) is 4.98. The van der Waals surface area contributed by atoms with E-state index < -0.39 is 0 Å². The zero-order chi connectivity index (χ0) is 11.5. The largest absolute Gasteiger partial charge is 0.373 e. The third kappa shape index (κ3) is 2.00. The molecule has 0 saturated heterocycles. The predicted octanol–water partition coefficient (Wildman–Crippen LogP) is 2.63. The summed E-state index contributed by atoms with van der Waals surface area (Å²) >= 11 is 0. The van der Waals surface area contributed by atoms with Crippen molar-refractivity contribution in [3.8, 4) is 11.4 Å². The summed E-state index contributed by atoms with van der Waals surface area (Å²) in [6, 6.07) is 6.13. The number of rotatable bonds is 2. The van der Waals surface area contributed by atoms with Gasteiger partial charge in [-0.1, -0.05) is 0 Å². The molecule has 82 valence electrons. The zero-order valence-electron chi connectivity index (χ0n) is 9.16. The van der Waals surface area contributed by atoms with E-state index in [2.05, 4.69) is 15.3 Å². The molecule has 1 N–H and O–H groups in total. The molecule has 0 fully saturated rings. The van der Waals surface area contributed by atoms with Crippen molar-refractivity contribution in [1.29, 1.82) is 0 Å². The van der Waals surface area contributed by atoms with Crippen LogP contribution in [0.5, 0.6) is 0 Å². The topological polar surface area (TPSA) is 37.8 Å². The molecule has 2 aromatic rings. The van der Waals surface area contributed by atoms with Gasteiger partial charge in [-0.2, -0.15) is 0 Å². The maximum atomic E-state index is 12.8. The van der Waals surface area contributed by atoms with Crippen molar-refractivity contribution in [3.63, 3.8) is 0 Å². The molecule has 0 aliphatic carbocycles. The summed E-state index contributed by atoms with van der Waals surface area (Å²) in [6.45, 7) is 1.93. The SMILES string of the molecule is CNc1nc(-c2ccc(F)cc2)ncc1C. The van der Waals surface area contributed by atoms with E-state index >= 15 is 0 Å². The van der Waals surface area contributed by atoms with Crippen molar-refractivity contribution in [3.05, 3.63) is 41.8 Å². The van der Waals surface area contributed by atoms with E-state index in [9.17, 15) is 4.39 Å². The molecule has 0 unspecified atom stereocenters. The Balaban J connectivity index is 2.44. The molecule has 0 bridgehead atoms. The summed E-state index contributed by atoms with van der Waals surface area (Å²) in [7, 11) is 1.81. The fourth-order valence-electron chi connectivity index (χ4n) is 1.43. The molecule has 2 rings (SSSR count). The average Bonchev–Trinajstić information content (AvgIpc) is 2.31. The number of benzene rings is 1. The molecule has 0 amide bonds. The van der Waals surface area contributed by atoms with E-state index in [0.29, 0.717) is 5.82 Å². The molecule has 1 aromatic carbocycles. The number of anilines is 1. The van der Waals surface area contributed by atoms with Crippen LogP contribution in [0.25, 0.3) is 11.4 Å². The van der Waals surface area contributed by atoms with Crippen LogP contribution in [0.2, 0.25) is 0 Å². The van der Waals surface area contributed by atoms with Gasteiger partial charge in [-0.15, -0.1) is 0 Å². The molecule has 0 spiro atoms. The highest BCUT2D eigenvalue weighted by molar-refractivity contribution is 5.58. The lowest BCUT2D eigenvalue weighted by molar-refractivity contribution is 0.628. The normalized spacial score (nSPS) is 10.2. The van der Waals surface area contributed by atoms with Crippen LogP contribution in [0.15, 0.2) is 30.5 Å². The van der Waals surface area contributed by atoms with Crippen LogP contribution in [0, 0.1) is 12.7 Å². The minimum absolute atomic E-state index is 0.260. The lowest BCUT2D eigenvalue weighted by Crippen LogP contribution is -1.99. The molecule has 0 atom stereocenters. The molecule has 3 nitrogen and oxygen atoms in total. The standard InChI is InChI=1S/C12H12FN3/c1-8-7-15-12(16-11(8)14-2)9-3-5-10(13)6-4-9/h3-7H,1-2H3,(H,14,15,16). The van der Waals surface area contributed by atoms with Crippen molar-refractivity contribution >= 4 is 5.82 Å². The summed E-state index contributed by atoms with van der Waals surface area (Å²) in [5, 5.41) is 2.99. The molecule has 0 radical (unpaired) electrons. The van der Waals surface area contributed by atoms with E-state index in [-0.39, 0.29) is 5.82 Å². The van der Waals surface area contributed by atoms with Crippen LogP contribution in [0.3, 0.4) is 0 Å². The number of aryl methyl sites for hydroxylation is 1. The Morgan fingerprint density at radius 1 is 1.19 bits per heavy atom. The van der Waals surface area contributed by atoms with Crippen LogP contribution >= 0.6 is 0 Å². The maximum absolute atomic E-state index is 12.8. The van der Waals surface area contributed by atoms with Crippen molar-refractivity contribution in [2.24, 2.45) is 0 Å². The zero-order valence-corrected chi connectivity index (χ0v) is 9.16. The molecule has 4 heteroatoms. The Labute approximate surface area is 93.4 Å². The van der Waals surface area contributed by atoms with E-state index in [1.807, 2.05) is 14.0 Å². The molecular formula is C12H12FN3. The molecule has 16 heavy (non-hydrogen) atoms. The van der Waals surface area contributed by atoms with Crippen LogP contribution < -0.4 is 5.32 Å². The number of nitrogens with one attached hydrogen (secondary N) is 1. The third-order valence-corrected chi connectivity index (χ3v) is 2.31. The second-order valence-corrected chi connectivity index (χ2v) is 3.48. The Bertz CT molecular complexity index is 494. The molecule has 0 aliphatic heterocycles. The maximum Gasteiger partial charge on any atom is 0.161 e. The minimum atomic E-state index is -0.260. The van der Waals surface area contributed by atoms with E-state index in [0.717, 1.165) is 16.9 Å². The van der Waals surface area contributed by atoms with Crippen LogP contribution in [-0.2, 0) is 0 Å². The number of hydrogen-bond donors (Lipinski definition) is 1. The highest BCUT2D eigenvalue weighted by Crippen LogP contribution is 2.18. The number of halogens is 1. The number of hydrogen-bond acceptors (Lipinski definition) is 3. The summed E-state index contributed by atoms with van der Waals surface area (Å²) in [5.74, 6) is 1.12. The Hall–Kier alpha value is -1.97. The molecule has 1 heterocycles. The molecular weight excluding hydrogens is 205 g/mol. The smallest absolute Gasteiger partial charge is 0.161 e. The van der Waals surface area contributed by atoms with E-state index in [1.54, 1.807) is 18.3 Å². The first kappa shape index (κ1) is 10.5. The minimum Gasteiger partial charge on any atom is -0.373 e. The fourth-order valence-corrected chi connectivity index (χ4v) is 1.43. The van der Waals surface area contributed by atoms with Crippen LogP contribution in [0.4, 0.5) is 10.2 Å². The van der Waals surface area contributed by atoms with Crippen molar-refractivity contribution in [2.45, 2.75) is 6.92 Å². The van der Waals surface area contributed by atoms with Gasteiger partial charge in [-0.3, -0.25) is 0 Å². The van der Waals surface area contributed by atoms with Gasteiger partial charge in [-0.25, -0.2) is 14.4 Å². The fraction of sp³-hybridized carbons (Fsp3) is 0.167. The lowest BCUT2D eigenvalue weighted by Gasteiger charge is -2.06. The van der Waals surface area contributed by atoms with Gasteiger partial charge < -0.3 is 5.32 Å². The van der Waals surface area contributed by atoms with Gasteiger partial charge in [0.25, 0.3) is 0 Å². The number of nitrogens with zero attached hydrogens (tertiary/aromatic N) is 2. The van der Waals surface area contributed by atoms with Crippen molar-refractivity contribution < 1.29 is 4.39 Å². The Kier molecular flexibility index (Phi) is 2.81. The number of aromatic nitrogens is 2. The first-order valence-corrected chi connectivity index (χ1v) is 4.98. The summed E-state index contributed by atoms with van der Waals surface area (Å²) in [4.78, 5) is 8.56. The van der Waals surface area contributed by atoms with Gasteiger partial charge >= 0.3 is 0 Å². The van der Waals surface area contributed by atoms with Gasteiger partial charge in [0.05, 0.1) is 0 Å². The van der Waals surface area contributed by atoms with Crippen molar-refractivity contribution in [1.82, 2.24) is 9.97 Å². The quantitative estimate of drug-likeness (QED) is 0.840. The second-order valence-electron chi connectivity index (χ2n) is 3.48. The molecule has 0 aliphatic rings. The predicted molar refractivity (Wildman–Crippen MR) is 61.7 cm³/mol. The van der Waals surface area contributed by atoms with E-state index in [4.69, 9.17) is 0 Å². The van der Waals surface area contributed by atoms with Crippen LogP contribution in [0.1, 0.15) is 5.56 Å². The highest BCUT2D eigenvalue weighted by Gasteiger charge is 2.04. The molecule has 1 aromatic heterocycles. The average molecular weight is 217 g/mol. The van der Waals surface area contributed by atoms with Crippen LogP contribution in [-0.4, -0.2) is 17.0 Å². The summed E-state index contributed by atoms with van der Waals surface area (Å²) in [5.41, 5.74) is 1.78. The first-order chi connectivity index (χ1) is 7.70. The van der Waals surface area contributed by atoms with E-state index in [1.165, 1.54) is 12.1 Å². The lowest BCUT2D eigenvalue weighted by atomic mass is 10.2. The van der Waals surface area contributed by atoms with Gasteiger partial charge in [0.1, 0.15) is 11.6 Å². The monoisotopic (exact) mass is 217 g/mol. The van der Waals surface area contributed by atoms with Crippen molar-refractivity contribution in [2.75, 3.05) is 12.4 Å². The highest BCUT2D eigenvalue weighted by atomic mass is 19.1. The van der Waals surface area contributed by atoms with Gasteiger partial charge in [0, 0.05) is 24.4 Å². The van der Waals surface area contributed by atoms with Gasteiger partial charge in [-0.05, 0) is 31.2 Å². The molecule has 0 saturated carbocycles. The Morgan fingerprint density at radius 3 is 2.50 bits per heavy atom. The third-order valence-electron chi connectivity index (χ3n) is 2.31. The van der Waals surface area contributed by atoms with Gasteiger partial charge in [0.15, 0.2) is 5.82 Å².